The van der Waals surface area contributed by atoms with Gasteiger partial charge in [0.25, 0.3) is 0 Å². The van der Waals surface area contributed by atoms with Crippen molar-refractivity contribution in [1.29, 1.82) is 0 Å². The number of hydrogen-bond acceptors (Lipinski definition) is 2. The molecule has 2 aliphatic carbocycles. The molecule has 0 spiro atoms. The molecule has 1 aromatic carbocycles. The molecule has 4 atom stereocenters. The van der Waals surface area contributed by atoms with E-state index in [0.29, 0.717) is 11.8 Å². The van der Waals surface area contributed by atoms with Crippen LogP contribution in [0.4, 0.5) is 0 Å². The van der Waals surface area contributed by atoms with Gasteiger partial charge in [0.15, 0.2) is 0 Å². The SMILES string of the molecule is CC(C)c1ccc2c(c1)CCC1[C@](C)(CO)CC[C@H](O)[C@]21C. The third-order valence-electron chi connectivity index (χ3n) is 6.69. The van der Waals surface area contributed by atoms with Gasteiger partial charge in [0, 0.05) is 12.0 Å². The van der Waals surface area contributed by atoms with Crippen LogP contribution in [0.3, 0.4) is 0 Å². The minimum absolute atomic E-state index is 0.0671. The predicted molar refractivity (Wildman–Crippen MR) is 90.1 cm³/mol. The second kappa shape index (κ2) is 5.35. The van der Waals surface area contributed by atoms with Crippen LogP contribution in [0.25, 0.3) is 0 Å². The van der Waals surface area contributed by atoms with Gasteiger partial charge in [0.1, 0.15) is 0 Å². The zero-order valence-electron chi connectivity index (χ0n) is 14.4. The van der Waals surface area contributed by atoms with E-state index in [1.807, 2.05) is 0 Å². The lowest BCUT2D eigenvalue weighted by Gasteiger charge is -2.57. The lowest BCUT2D eigenvalue weighted by Crippen LogP contribution is -2.57. The van der Waals surface area contributed by atoms with E-state index >= 15 is 0 Å². The maximum absolute atomic E-state index is 10.8. The highest BCUT2D eigenvalue weighted by molar-refractivity contribution is 5.43. The molecule has 122 valence electrons. The molecule has 0 saturated heterocycles. The number of benzene rings is 1. The molecule has 0 amide bonds. The minimum atomic E-state index is -0.305. The van der Waals surface area contributed by atoms with Crippen molar-refractivity contribution in [2.75, 3.05) is 6.61 Å². The summed E-state index contributed by atoms with van der Waals surface area (Å²) in [4.78, 5) is 0. The highest BCUT2D eigenvalue weighted by Crippen LogP contribution is 2.57. The maximum atomic E-state index is 10.8. The van der Waals surface area contributed by atoms with E-state index in [0.717, 1.165) is 25.7 Å². The van der Waals surface area contributed by atoms with Crippen LogP contribution in [-0.4, -0.2) is 22.9 Å². The van der Waals surface area contributed by atoms with E-state index in [1.165, 1.54) is 16.7 Å². The molecule has 0 aliphatic heterocycles. The van der Waals surface area contributed by atoms with Gasteiger partial charge in [0.05, 0.1) is 6.10 Å². The molecule has 1 unspecified atom stereocenters. The topological polar surface area (TPSA) is 40.5 Å². The number of aliphatic hydroxyl groups excluding tert-OH is 2. The van der Waals surface area contributed by atoms with Gasteiger partial charge in [-0.2, -0.15) is 0 Å². The number of fused-ring (bicyclic) bond motifs is 3. The van der Waals surface area contributed by atoms with Crippen LogP contribution in [0.15, 0.2) is 18.2 Å². The summed E-state index contributed by atoms with van der Waals surface area (Å²) in [6, 6.07) is 6.83. The molecule has 3 rings (SSSR count). The Morgan fingerprint density at radius 3 is 2.59 bits per heavy atom. The van der Waals surface area contributed by atoms with Gasteiger partial charge in [-0.3, -0.25) is 0 Å². The Labute approximate surface area is 134 Å². The van der Waals surface area contributed by atoms with Crippen molar-refractivity contribution < 1.29 is 10.2 Å². The van der Waals surface area contributed by atoms with Crippen LogP contribution in [0, 0.1) is 11.3 Å². The minimum Gasteiger partial charge on any atom is -0.396 e. The van der Waals surface area contributed by atoms with Gasteiger partial charge in [-0.1, -0.05) is 45.9 Å². The lowest BCUT2D eigenvalue weighted by molar-refractivity contribution is -0.0862. The zero-order chi connectivity index (χ0) is 16.1. The predicted octanol–water partition coefficient (Wildman–Crippen LogP) is 3.78. The number of rotatable bonds is 2. The van der Waals surface area contributed by atoms with E-state index in [4.69, 9.17) is 0 Å². The van der Waals surface area contributed by atoms with E-state index in [1.54, 1.807) is 0 Å². The third-order valence-corrected chi connectivity index (χ3v) is 6.69. The van der Waals surface area contributed by atoms with Crippen molar-refractivity contribution in [2.24, 2.45) is 11.3 Å². The number of hydrogen-bond donors (Lipinski definition) is 2. The summed E-state index contributed by atoms with van der Waals surface area (Å²) >= 11 is 0. The molecule has 0 aromatic heterocycles. The Morgan fingerprint density at radius 2 is 1.95 bits per heavy atom. The van der Waals surface area contributed by atoms with E-state index in [2.05, 4.69) is 45.9 Å². The van der Waals surface area contributed by atoms with Crippen molar-refractivity contribution in [3.05, 3.63) is 34.9 Å². The van der Waals surface area contributed by atoms with E-state index < -0.39 is 0 Å². The largest absolute Gasteiger partial charge is 0.396 e. The molecule has 2 heteroatoms. The van der Waals surface area contributed by atoms with Crippen LogP contribution < -0.4 is 0 Å². The molecule has 1 fully saturated rings. The van der Waals surface area contributed by atoms with Crippen molar-refractivity contribution in [2.45, 2.75) is 70.8 Å². The fourth-order valence-corrected chi connectivity index (χ4v) is 5.11. The first-order valence-corrected chi connectivity index (χ1v) is 8.75. The summed E-state index contributed by atoms with van der Waals surface area (Å²) in [5.41, 5.74) is 3.82. The normalized spacial score (nSPS) is 37.8. The van der Waals surface area contributed by atoms with Gasteiger partial charge in [-0.25, -0.2) is 0 Å². The summed E-state index contributed by atoms with van der Waals surface area (Å²) in [6.45, 7) is 9.11. The first-order chi connectivity index (χ1) is 10.3. The smallest absolute Gasteiger partial charge is 0.0637 e. The van der Waals surface area contributed by atoms with Crippen LogP contribution in [0.2, 0.25) is 0 Å². The molecular weight excluding hydrogens is 272 g/mol. The molecule has 0 heterocycles. The van der Waals surface area contributed by atoms with Gasteiger partial charge >= 0.3 is 0 Å². The molecule has 0 radical (unpaired) electrons. The van der Waals surface area contributed by atoms with Crippen LogP contribution in [-0.2, 0) is 11.8 Å². The molecular formula is C20H30O2. The molecule has 2 N–H and O–H groups in total. The van der Waals surface area contributed by atoms with E-state index in [-0.39, 0.29) is 23.5 Å². The van der Waals surface area contributed by atoms with Crippen molar-refractivity contribution in [3.8, 4) is 0 Å². The van der Waals surface area contributed by atoms with Crippen LogP contribution in [0.5, 0.6) is 0 Å². The fourth-order valence-electron chi connectivity index (χ4n) is 5.11. The highest BCUT2D eigenvalue weighted by atomic mass is 16.3. The standard InChI is InChI=1S/C20H30O2/c1-13(2)14-5-7-16-15(11-14)6-8-17-19(3,12-21)10-9-18(22)20(16,17)4/h5,7,11,13,17-18,21-22H,6,8-10,12H2,1-4H3/t17?,18-,19-,20+/m0/s1. The second-order valence-electron chi connectivity index (χ2n) is 8.31. The Bertz CT molecular complexity index is 565. The van der Waals surface area contributed by atoms with Gasteiger partial charge in [-0.15, -0.1) is 0 Å². The van der Waals surface area contributed by atoms with Crippen LogP contribution >= 0.6 is 0 Å². The molecule has 1 aromatic rings. The summed E-state index contributed by atoms with van der Waals surface area (Å²) in [5, 5.41) is 20.8. The van der Waals surface area contributed by atoms with Crippen molar-refractivity contribution in [1.82, 2.24) is 0 Å². The maximum Gasteiger partial charge on any atom is 0.0637 e. The molecule has 2 aliphatic rings. The number of aliphatic hydroxyl groups is 2. The average molecular weight is 302 g/mol. The van der Waals surface area contributed by atoms with Gasteiger partial charge in [-0.05, 0) is 59.6 Å². The fraction of sp³-hybridized carbons (Fsp3) is 0.700. The molecule has 2 nitrogen and oxygen atoms in total. The van der Waals surface area contributed by atoms with Crippen molar-refractivity contribution >= 4 is 0 Å². The summed E-state index contributed by atoms with van der Waals surface area (Å²) in [5.74, 6) is 0.890. The molecule has 0 bridgehead atoms. The molecule has 1 saturated carbocycles. The summed E-state index contributed by atoms with van der Waals surface area (Å²) < 4.78 is 0. The van der Waals surface area contributed by atoms with E-state index in [9.17, 15) is 10.2 Å². The molecule has 22 heavy (non-hydrogen) atoms. The monoisotopic (exact) mass is 302 g/mol. The Kier molecular flexibility index (Phi) is 3.89. The Morgan fingerprint density at radius 1 is 1.23 bits per heavy atom. The van der Waals surface area contributed by atoms with Gasteiger partial charge < -0.3 is 10.2 Å². The Hall–Kier alpha value is -0.860. The van der Waals surface area contributed by atoms with Gasteiger partial charge in [0.2, 0.25) is 0 Å². The van der Waals surface area contributed by atoms with Crippen molar-refractivity contribution in [3.63, 3.8) is 0 Å². The first-order valence-electron chi connectivity index (χ1n) is 8.75. The second-order valence-corrected chi connectivity index (χ2v) is 8.31. The average Bonchev–Trinajstić information content (AvgIpc) is 2.51. The van der Waals surface area contributed by atoms with Crippen LogP contribution in [0.1, 0.15) is 69.6 Å². The highest BCUT2D eigenvalue weighted by Gasteiger charge is 2.55. The summed E-state index contributed by atoms with van der Waals surface area (Å²) in [6.07, 6.45) is 3.54. The quantitative estimate of drug-likeness (QED) is 0.873. The number of aryl methyl sites for hydroxylation is 1. The Balaban J connectivity index is 2.10. The third kappa shape index (κ3) is 2.15. The summed E-state index contributed by atoms with van der Waals surface area (Å²) in [7, 11) is 0. The first kappa shape index (κ1) is 16.0. The lowest BCUT2D eigenvalue weighted by atomic mass is 9.49. The zero-order valence-corrected chi connectivity index (χ0v) is 14.4.